The Hall–Kier alpha value is -1.29. The van der Waals surface area contributed by atoms with Crippen LogP contribution in [-0.2, 0) is 6.54 Å². The number of phenolic OH excluding ortho intramolecular Hbond substituents is 2. The number of benzene rings is 1. The number of halogens is 1. The molecule has 1 aromatic rings. The van der Waals surface area contributed by atoms with Crippen LogP contribution >= 0.6 is 0 Å². The highest BCUT2D eigenvalue weighted by atomic mass is 19.1. The van der Waals surface area contributed by atoms with Crippen molar-refractivity contribution in [3.63, 3.8) is 0 Å². The molecule has 0 unspecified atom stereocenters. The van der Waals surface area contributed by atoms with Crippen LogP contribution in [0.15, 0.2) is 6.07 Å². The minimum Gasteiger partial charge on any atom is -0.505 e. The molecule has 0 aliphatic carbocycles. The number of rotatable bonds is 1. The molecular weight excluding hydrogens is 161 g/mol. The molecule has 66 valence electrons. The van der Waals surface area contributed by atoms with E-state index in [4.69, 9.17) is 15.9 Å². The number of phenols is 2. The van der Waals surface area contributed by atoms with Gasteiger partial charge in [0.1, 0.15) is 0 Å². The number of aryl methyl sites for hydroxylation is 1. The van der Waals surface area contributed by atoms with Crippen LogP contribution < -0.4 is 5.73 Å². The molecule has 0 saturated carbocycles. The van der Waals surface area contributed by atoms with Crippen molar-refractivity contribution in [3.8, 4) is 11.5 Å². The van der Waals surface area contributed by atoms with Gasteiger partial charge in [0.15, 0.2) is 11.5 Å². The van der Waals surface area contributed by atoms with Crippen LogP contribution in [0.4, 0.5) is 4.39 Å². The molecule has 0 spiro atoms. The molecule has 4 heteroatoms. The molecule has 3 nitrogen and oxygen atoms in total. The van der Waals surface area contributed by atoms with Gasteiger partial charge >= 0.3 is 0 Å². The second-order valence-electron chi connectivity index (χ2n) is 2.57. The Balaban J connectivity index is 3.39. The Morgan fingerprint density at radius 1 is 1.42 bits per heavy atom. The van der Waals surface area contributed by atoms with Crippen LogP contribution in [0.3, 0.4) is 0 Å². The molecule has 0 fully saturated rings. The zero-order valence-corrected chi connectivity index (χ0v) is 6.63. The second kappa shape index (κ2) is 2.98. The first-order valence-electron chi connectivity index (χ1n) is 3.48. The molecule has 12 heavy (non-hydrogen) atoms. The van der Waals surface area contributed by atoms with Crippen molar-refractivity contribution in [1.82, 2.24) is 0 Å². The lowest BCUT2D eigenvalue weighted by atomic mass is 10.1. The summed E-state index contributed by atoms with van der Waals surface area (Å²) in [6, 6.07) is 1.45. The molecule has 0 aliphatic heterocycles. The molecule has 0 bridgehead atoms. The first-order valence-corrected chi connectivity index (χ1v) is 3.48. The molecule has 0 saturated heterocycles. The van der Waals surface area contributed by atoms with Crippen LogP contribution in [0.1, 0.15) is 11.1 Å². The Morgan fingerprint density at radius 2 is 2.00 bits per heavy atom. The molecule has 0 radical (unpaired) electrons. The van der Waals surface area contributed by atoms with Gasteiger partial charge in [-0.15, -0.1) is 0 Å². The van der Waals surface area contributed by atoms with Crippen LogP contribution in [0, 0.1) is 12.7 Å². The smallest absolute Gasteiger partial charge is 0.206 e. The Kier molecular flexibility index (Phi) is 2.19. The Labute approximate surface area is 69.3 Å². The van der Waals surface area contributed by atoms with E-state index in [1.807, 2.05) is 0 Å². The van der Waals surface area contributed by atoms with Gasteiger partial charge in [-0.2, -0.15) is 4.39 Å². The lowest BCUT2D eigenvalue weighted by Crippen LogP contribution is -1.99. The second-order valence-corrected chi connectivity index (χ2v) is 2.57. The van der Waals surface area contributed by atoms with Crippen molar-refractivity contribution in [2.24, 2.45) is 5.73 Å². The summed E-state index contributed by atoms with van der Waals surface area (Å²) >= 11 is 0. The maximum Gasteiger partial charge on any atom is 0.206 e. The highest BCUT2D eigenvalue weighted by Gasteiger charge is 2.13. The summed E-state index contributed by atoms with van der Waals surface area (Å²) in [5, 5.41) is 18.1. The fraction of sp³-hybridized carbons (Fsp3) is 0.250. The average Bonchev–Trinajstić information content (AvgIpc) is 2.08. The number of nitrogens with two attached hydrogens (primary N) is 1. The lowest BCUT2D eigenvalue weighted by molar-refractivity contribution is 0.383. The van der Waals surface area contributed by atoms with Gasteiger partial charge in [-0.1, -0.05) is 0 Å². The van der Waals surface area contributed by atoms with Crippen LogP contribution in [-0.4, -0.2) is 10.2 Å². The molecule has 4 N–H and O–H groups in total. The highest BCUT2D eigenvalue weighted by Crippen LogP contribution is 2.31. The van der Waals surface area contributed by atoms with Gasteiger partial charge in [0, 0.05) is 12.1 Å². The fourth-order valence-corrected chi connectivity index (χ4v) is 0.980. The van der Waals surface area contributed by atoms with E-state index in [0.717, 1.165) is 0 Å². The Bertz CT molecular complexity index is 312. The number of hydrogen-bond donors (Lipinski definition) is 3. The van der Waals surface area contributed by atoms with Gasteiger partial charge in [0.05, 0.1) is 0 Å². The summed E-state index contributed by atoms with van der Waals surface area (Å²) < 4.78 is 12.9. The zero-order chi connectivity index (χ0) is 9.30. The topological polar surface area (TPSA) is 66.5 Å². The minimum atomic E-state index is -1.00. The molecular formula is C8H10FNO2. The Morgan fingerprint density at radius 3 is 2.50 bits per heavy atom. The maximum atomic E-state index is 12.9. The standard InChI is InChI=1S/C8H10FNO2/c1-4-2-5(3-10)8(12)6(9)7(4)11/h2,11-12H,3,10H2,1H3. The number of hydrogen-bond acceptors (Lipinski definition) is 3. The lowest BCUT2D eigenvalue weighted by Gasteiger charge is -2.06. The molecule has 0 aromatic heterocycles. The summed E-state index contributed by atoms with van der Waals surface area (Å²) in [5.41, 5.74) is 5.89. The molecule has 1 rings (SSSR count). The van der Waals surface area contributed by atoms with Crippen molar-refractivity contribution in [1.29, 1.82) is 0 Å². The quantitative estimate of drug-likeness (QED) is 0.590. The van der Waals surface area contributed by atoms with Crippen molar-refractivity contribution >= 4 is 0 Å². The SMILES string of the molecule is Cc1cc(CN)c(O)c(F)c1O. The summed E-state index contributed by atoms with van der Waals surface area (Å²) in [6.45, 7) is 1.58. The predicted molar refractivity (Wildman–Crippen MR) is 42.4 cm³/mol. The van der Waals surface area contributed by atoms with Crippen LogP contribution in [0.25, 0.3) is 0 Å². The predicted octanol–water partition coefficient (Wildman–Crippen LogP) is 1.00. The molecule has 0 aliphatic rings. The van der Waals surface area contributed by atoms with Crippen molar-refractivity contribution in [2.75, 3.05) is 0 Å². The van der Waals surface area contributed by atoms with Gasteiger partial charge in [0.25, 0.3) is 0 Å². The normalized spacial score (nSPS) is 10.2. The van der Waals surface area contributed by atoms with E-state index in [1.165, 1.54) is 13.0 Å². The largest absolute Gasteiger partial charge is 0.505 e. The van der Waals surface area contributed by atoms with E-state index in [1.54, 1.807) is 0 Å². The highest BCUT2D eigenvalue weighted by molar-refractivity contribution is 5.46. The summed E-state index contributed by atoms with van der Waals surface area (Å²) in [6.07, 6.45) is 0. The van der Waals surface area contributed by atoms with E-state index >= 15 is 0 Å². The van der Waals surface area contributed by atoms with Gasteiger partial charge in [-0.25, -0.2) is 0 Å². The van der Waals surface area contributed by atoms with E-state index in [-0.39, 0.29) is 6.54 Å². The van der Waals surface area contributed by atoms with E-state index in [2.05, 4.69) is 0 Å². The van der Waals surface area contributed by atoms with Gasteiger partial charge in [-0.05, 0) is 18.6 Å². The third kappa shape index (κ3) is 1.21. The van der Waals surface area contributed by atoms with Crippen molar-refractivity contribution in [3.05, 3.63) is 23.0 Å². The van der Waals surface area contributed by atoms with Gasteiger partial charge in [0.2, 0.25) is 5.82 Å². The van der Waals surface area contributed by atoms with Crippen molar-refractivity contribution < 1.29 is 14.6 Å². The summed E-state index contributed by atoms with van der Waals surface area (Å²) in [7, 11) is 0. The van der Waals surface area contributed by atoms with Gasteiger partial charge < -0.3 is 15.9 Å². The zero-order valence-electron chi connectivity index (χ0n) is 6.63. The van der Waals surface area contributed by atoms with Crippen LogP contribution in [0.2, 0.25) is 0 Å². The first-order chi connectivity index (χ1) is 5.57. The van der Waals surface area contributed by atoms with Crippen molar-refractivity contribution in [2.45, 2.75) is 13.5 Å². The monoisotopic (exact) mass is 171 g/mol. The molecule has 0 atom stereocenters. The van der Waals surface area contributed by atoms with E-state index < -0.39 is 17.3 Å². The third-order valence-electron chi connectivity index (χ3n) is 1.70. The fourth-order valence-electron chi connectivity index (χ4n) is 0.980. The number of aromatic hydroxyl groups is 2. The third-order valence-corrected chi connectivity index (χ3v) is 1.70. The molecule has 0 heterocycles. The van der Waals surface area contributed by atoms with Crippen LogP contribution in [0.5, 0.6) is 11.5 Å². The summed E-state index contributed by atoms with van der Waals surface area (Å²) in [4.78, 5) is 0. The molecule has 1 aromatic carbocycles. The first kappa shape index (κ1) is 8.80. The van der Waals surface area contributed by atoms with Gasteiger partial charge in [-0.3, -0.25) is 0 Å². The minimum absolute atomic E-state index is 0.0455. The maximum absolute atomic E-state index is 12.9. The van der Waals surface area contributed by atoms with E-state index in [0.29, 0.717) is 11.1 Å². The van der Waals surface area contributed by atoms with E-state index in [9.17, 15) is 4.39 Å². The summed E-state index contributed by atoms with van der Waals surface area (Å²) in [5.74, 6) is -2.10. The average molecular weight is 171 g/mol. The molecule has 0 amide bonds.